The minimum Gasteiger partial charge on any atom is -0.351 e. The first-order chi connectivity index (χ1) is 14.1. The molecular formula is C19H24N8O2. The van der Waals surface area contributed by atoms with Crippen LogP contribution in [0.15, 0.2) is 30.7 Å². The lowest BCUT2D eigenvalue weighted by atomic mass is 10.0. The van der Waals surface area contributed by atoms with Gasteiger partial charge in [0.2, 0.25) is 5.91 Å². The molecule has 10 heteroatoms. The average Bonchev–Trinajstić information content (AvgIpc) is 3.36. The number of rotatable bonds is 6. The van der Waals surface area contributed by atoms with Crippen molar-refractivity contribution < 1.29 is 9.59 Å². The molecular weight excluding hydrogens is 372 g/mol. The number of amides is 2. The van der Waals surface area contributed by atoms with Crippen LogP contribution in [0.2, 0.25) is 0 Å². The lowest BCUT2D eigenvalue weighted by Gasteiger charge is -2.22. The Bertz CT molecular complexity index is 1020. The van der Waals surface area contributed by atoms with Crippen LogP contribution in [0.5, 0.6) is 0 Å². The predicted molar refractivity (Wildman–Crippen MR) is 105 cm³/mol. The molecule has 29 heavy (non-hydrogen) atoms. The normalized spacial score (nSPS) is 16.7. The van der Waals surface area contributed by atoms with E-state index in [-0.39, 0.29) is 24.4 Å². The van der Waals surface area contributed by atoms with E-state index in [0.717, 1.165) is 31.4 Å². The van der Waals surface area contributed by atoms with Crippen molar-refractivity contribution in [2.75, 3.05) is 6.54 Å². The number of imidazole rings is 1. The number of nitrogens with zero attached hydrogens (tertiary/aromatic N) is 5. The summed E-state index contributed by atoms with van der Waals surface area (Å²) in [6, 6.07) is 3.43. The van der Waals surface area contributed by atoms with E-state index in [2.05, 4.69) is 31.1 Å². The van der Waals surface area contributed by atoms with E-state index in [1.54, 1.807) is 36.2 Å². The first-order valence-corrected chi connectivity index (χ1v) is 9.70. The maximum absolute atomic E-state index is 12.2. The first kappa shape index (κ1) is 19.1. The summed E-state index contributed by atoms with van der Waals surface area (Å²) >= 11 is 0. The third-order valence-corrected chi connectivity index (χ3v) is 5.00. The van der Waals surface area contributed by atoms with Gasteiger partial charge in [0.05, 0.1) is 30.7 Å². The minimum atomic E-state index is -0.213. The fourth-order valence-corrected chi connectivity index (χ4v) is 3.39. The molecule has 4 rings (SSSR count). The molecule has 0 bridgehead atoms. The van der Waals surface area contributed by atoms with E-state index < -0.39 is 0 Å². The first-order valence-electron chi connectivity index (χ1n) is 9.70. The zero-order valence-corrected chi connectivity index (χ0v) is 16.3. The standard InChI is InChI=1S/C19H24N8O2/c1-26-16(5-7-23-26)19(29)22-11-14-12-27-17(25-14)8-13(10-24-27)9-21-18(28)15-4-2-3-6-20-15/h5,7-8,10,12,15,20H,2-4,6,9,11H2,1H3,(H,21,28)(H,22,29). The van der Waals surface area contributed by atoms with Crippen LogP contribution in [0.3, 0.4) is 0 Å². The summed E-state index contributed by atoms with van der Waals surface area (Å²) in [6.45, 7) is 1.58. The molecule has 0 saturated carbocycles. The number of carbonyl (C=O) groups is 2. The Morgan fingerprint density at radius 3 is 2.90 bits per heavy atom. The smallest absolute Gasteiger partial charge is 0.269 e. The third kappa shape index (κ3) is 4.43. The topological polar surface area (TPSA) is 118 Å². The Hall–Kier alpha value is -3.27. The Balaban J connectivity index is 1.35. The molecule has 3 aromatic heterocycles. The molecule has 0 aliphatic carbocycles. The molecule has 1 atom stereocenters. The van der Waals surface area contributed by atoms with Gasteiger partial charge in [-0.1, -0.05) is 6.42 Å². The molecule has 1 saturated heterocycles. The second-order valence-electron chi connectivity index (χ2n) is 7.14. The number of carbonyl (C=O) groups excluding carboxylic acids is 2. The summed E-state index contributed by atoms with van der Waals surface area (Å²) in [5.41, 5.74) is 2.72. The van der Waals surface area contributed by atoms with E-state index in [4.69, 9.17) is 0 Å². The molecule has 4 heterocycles. The summed E-state index contributed by atoms with van der Waals surface area (Å²) in [4.78, 5) is 28.9. The Morgan fingerprint density at radius 1 is 1.24 bits per heavy atom. The highest BCUT2D eigenvalue weighted by Crippen LogP contribution is 2.09. The van der Waals surface area contributed by atoms with E-state index in [9.17, 15) is 9.59 Å². The zero-order valence-electron chi connectivity index (χ0n) is 16.3. The lowest BCUT2D eigenvalue weighted by molar-refractivity contribution is -0.123. The van der Waals surface area contributed by atoms with Crippen LogP contribution in [-0.2, 0) is 24.9 Å². The molecule has 0 aromatic carbocycles. The van der Waals surface area contributed by atoms with E-state index in [0.29, 0.717) is 23.6 Å². The van der Waals surface area contributed by atoms with Crippen LogP contribution in [0.25, 0.3) is 5.65 Å². The van der Waals surface area contributed by atoms with Gasteiger partial charge in [0, 0.05) is 19.8 Å². The van der Waals surface area contributed by atoms with Crippen LogP contribution in [0, 0.1) is 0 Å². The molecule has 1 unspecified atom stereocenters. The number of hydrogen-bond donors (Lipinski definition) is 3. The van der Waals surface area contributed by atoms with Gasteiger partial charge in [-0.05, 0) is 37.1 Å². The molecule has 1 aliphatic heterocycles. The van der Waals surface area contributed by atoms with Gasteiger partial charge in [0.15, 0.2) is 5.65 Å². The van der Waals surface area contributed by atoms with Crippen molar-refractivity contribution in [3.8, 4) is 0 Å². The highest BCUT2D eigenvalue weighted by atomic mass is 16.2. The molecule has 1 fully saturated rings. The Kier molecular flexibility index (Phi) is 5.52. The number of nitrogens with one attached hydrogen (secondary N) is 3. The van der Waals surface area contributed by atoms with E-state index in [1.807, 2.05) is 6.07 Å². The summed E-state index contributed by atoms with van der Waals surface area (Å²) in [5, 5.41) is 17.4. The van der Waals surface area contributed by atoms with Crippen molar-refractivity contribution >= 4 is 17.5 Å². The lowest BCUT2D eigenvalue weighted by Crippen LogP contribution is -2.46. The third-order valence-electron chi connectivity index (χ3n) is 5.00. The Morgan fingerprint density at radius 2 is 2.14 bits per heavy atom. The van der Waals surface area contributed by atoms with Gasteiger partial charge in [-0.3, -0.25) is 14.3 Å². The van der Waals surface area contributed by atoms with E-state index >= 15 is 0 Å². The van der Waals surface area contributed by atoms with Gasteiger partial charge >= 0.3 is 0 Å². The van der Waals surface area contributed by atoms with Crippen LogP contribution < -0.4 is 16.0 Å². The average molecular weight is 396 g/mol. The van der Waals surface area contributed by atoms with Crippen LogP contribution in [-0.4, -0.2) is 48.8 Å². The number of piperidine rings is 1. The Labute approximate surface area is 167 Å². The van der Waals surface area contributed by atoms with Crippen molar-refractivity contribution in [3.05, 3.63) is 47.7 Å². The summed E-state index contributed by atoms with van der Waals surface area (Å²) in [6.07, 6.45) is 8.13. The second-order valence-corrected chi connectivity index (χ2v) is 7.14. The number of hydrogen-bond acceptors (Lipinski definition) is 6. The van der Waals surface area contributed by atoms with E-state index in [1.165, 1.54) is 4.68 Å². The van der Waals surface area contributed by atoms with Gasteiger partial charge in [0.1, 0.15) is 5.69 Å². The molecule has 2 amide bonds. The summed E-state index contributed by atoms with van der Waals surface area (Å²) in [5.74, 6) is -0.193. The largest absolute Gasteiger partial charge is 0.351 e. The minimum absolute atomic E-state index is 0.0199. The fourth-order valence-electron chi connectivity index (χ4n) is 3.39. The van der Waals surface area contributed by atoms with Crippen molar-refractivity contribution in [1.29, 1.82) is 0 Å². The van der Waals surface area contributed by atoms with Crippen molar-refractivity contribution in [2.24, 2.45) is 7.05 Å². The number of aromatic nitrogens is 5. The number of aryl methyl sites for hydroxylation is 1. The molecule has 0 spiro atoms. The highest BCUT2D eigenvalue weighted by Gasteiger charge is 2.20. The van der Waals surface area contributed by atoms with Gasteiger partial charge in [-0.15, -0.1) is 0 Å². The maximum Gasteiger partial charge on any atom is 0.269 e. The quantitative estimate of drug-likeness (QED) is 0.546. The van der Waals surface area contributed by atoms with Crippen molar-refractivity contribution in [1.82, 2.24) is 40.3 Å². The van der Waals surface area contributed by atoms with Gasteiger partial charge < -0.3 is 16.0 Å². The summed E-state index contributed by atoms with van der Waals surface area (Å²) in [7, 11) is 1.72. The molecule has 10 nitrogen and oxygen atoms in total. The highest BCUT2D eigenvalue weighted by molar-refractivity contribution is 5.92. The van der Waals surface area contributed by atoms with Gasteiger partial charge in [0.25, 0.3) is 5.91 Å². The van der Waals surface area contributed by atoms with Crippen LogP contribution >= 0.6 is 0 Å². The number of fused-ring (bicyclic) bond motifs is 1. The molecule has 152 valence electrons. The molecule has 0 radical (unpaired) electrons. The van der Waals surface area contributed by atoms with Crippen LogP contribution in [0.1, 0.15) is 41.0 Å². The van der Waals surface area contributed by atoms with Crippen molar-refractivity contribution in [3.63, 3.8) is 0 Å². The predicted octanol–water partition coefficient (Wildman–Crippen LogP) is 0.151. The van der Waals surface area contributed by atoms with Gasteiger partial charge in [-0.25, -0.2) is 9.50 Å². The molecule has 3 aromatic rings. The molecule has 1 aliphatic rings. The van der Waals surface area contributed by atoms with Gasteiger partial charge in [-0.2, -0.15) is 10.2 Å². The second kappa shape index (κ2) is 8.39. The molecule has 3 N–H and O–H groups in total. The summed E-state index contributed by atoms with van der Waals surface area (Å²) < 4.78 is 3.17. The van der Waals surface area contributed by atoms with Crippen LogP contribution in [0.4, 0.5) is 0 Å². The maximum atomic E-state index is 12.2. The monoisotopic (exact) mass is 396 g/mol. The zero-order chi connectivity index (χ0) is 20.2. The van der Waals surface area contributed by atoms with Crippen molar-refractivity contribution in [2.45, 2.75) is 38.4 Å². The fraction of sp³-hybridized carbons (Fsp3) is 0.421. The SMILES string of the molecule is Cn1nccc1C(=O)NCc1cn2ncc(CNC(=O)C3CCCCN3)cc2n1.